The molecular weight excluding hydrogens is 420 g/mol. The van der Waals surface area contributed by atoms with E-state index in [2.05, 4.69) is 16.4 Å². The van der Waals surface area contributed by atoms with Crippen LogP contribution in [0, 0.1) is 0 Å². The zero-order chi connectivity index (χ0) is 22.1. The van der Waals surface area contributed by atoms with Crippen molar-refractivity contribution in [3.63, 3.8) is 0 Å². The molecule has 1 heterocycles. The first-order valence-corrected chi connectivity index (χ1v) is 11.0. The first-order valence-electron chi connectivity index (χ1n) is 10.1. The quantitative estimate of drug-likeness (QED) is 0.344. The Bertz CT molecular complexity index is 1460. The Morgan fingerprint density at radius 2 is 1.53 bits per heavy atom. The fourth-order valence-electron chi connectivity index (χ4n) is 3.86. The van der Waals surface area contributed by atoms with Gasteiger partial charge in [-0.25, -0.2) is 4.98 Å². The van der Waals surface area contributed by atoms with E-state index in [1.54, 1.807) is 14.2 Å². The van der Waals surface area contributed by atoms with Gasteiger partial charge in [-0.05, 0) is 39.7 Å². The van der Waals surface area contributed by atoms with Crippen molar-refractivity contribution in [2.45, 2.75) is 0 Å². The van der Waals surface area contributed by atoms with Crippen LogP contribution in [0.5, 0.6) is 11.5 Å². The first-order chi connectivity index (χ1) is 15.7. The number of fused-ring (bicyclic) bond motifs is 2. The number of thiazole rings is 1. The second-order valence-corrected chi connectivity index (χ2v) is 8.11. The molecule has 1 amide bonds. The smallest absolute Gasteiger partial charge is 0.261 e. The summed E-state index contributed by atoms with van der Waals surface area (Å²) in [6.07, 6.45) is 0. The number of methoxy groups -OCH3 is 2. The Morgan fingerprint density at radius 3 is 2.28 bits per heavy atom. The maximum Gasteiger partial charge on any atom is 0.261 e. The monoisotopic (exact) mass is 440 g/mol. The summed E-state index contributed by atoms with van der Waals surface area (Å²) in [6, 6.07) is 23.6. The van der Waals surface area contributed by atoms with Gasteiger partial charge in [0, 0.05) is 5.38 Å². The lowest BCUT2D eigenvalue weighted by Gasteiger charge is -2.11. The number of carbonyl (C=O) groups is 1. The third-order valence-corrected chi connectivity index (χ3v) is 6.16. The number of rotatable bonds is 5. The van der Waals surface area contributed by atoms with E-state index in [1.807, 2.05) is 72.1 Å². The van der Waals surface area contributed by atoms with Crippen molar-refractivity contribution >= 4 is 43.9 Å². The van der Waals surface area contributed by atoms with Gasteiger partial charge in [0.15, 0.2) is 5.13 Å². The van der Waals surface area contributed by atoms with Crippen molar-refractivity contribution in [1.29, 1.82) is 0 Å². The molecule has 0 aliphatic carbocycles. The minimum atomic E-state index is -0.265. The average molecular weight is 441 g/mol. The van der Waals surface area contributed by atoms with Crippen molar-refractivity contribution < 1.29 is 14.3 Å². The van der Waals surface area contributed by atoms with Crippen LogP contribution in [0.1, 0.15) is 10.4 Å². The van der Waals surface area contributed by atoms with Crippen molar-refractivity contribution in [3.8, 4) is 22.8 Å². The molecule has 5 rings (SSSR count). The normalized spacial score (nSPS) is 10.9. The lowest BCUT2D eigenvalue weighted by atomic mass is 10.0. The molecule has 0 saturated heterocycles. The molecule has 0 fully saturated rings. The lowest BCUT2D eigenvalue weighted by molar-refractivity contribution is 0.102. The highest BCUT2D eigenvalue weighted by atomic mass is 32.1. The molecule has 32 heavy (non-hydrogen) atoms. The number of aromatic nitrogens is 1. The number of hydrogen-bond donors (Lipinski definition) is 1. The summed E-state index contributed by atoms with van der Waals surface area (Å²) in [7, 11) is 3.21. The molecule has 0 saturated carbocycles. The highest BCUT2D eigenvalue weighted by Gasteiger charge is 2.18. The third kappa shape index (κ3) is 3.55. The predicted molar refractivity (Wildman–Crippen MR) is 130 cm³/mol. The van der Waals surface area contributed by atoms with Crippen LogP contribution in [0.2, 0.25) is 0 Å². The Kier molecular flexibility index (Phi) is 5.21. The maximum atomic E-state index is 13.1. The number of carbonyl (C=O) groups excluding carboxylic acids is 1. The zero-order valence-electron chi connectivity index (χ0n) is 17.6. The third-order valence-electron chi connectivity index (χ3n) is 5.40. The van der Waals surface area contributed by atoms with Gasteiger partial charge in [-0.1, -0.05) is 54.6 Å². The number of hydrogen-bond acceptors (Lipinski definition) is 5. The first kappa shape index (κ1) is 20.0. The van der Waals surface area contributed by atoms with E-state index in [0.29, 0.717) is 16.4 Å². The van der Waals surface area contributed by atoms with Gasteiger partial charge in [-0.3, -0.25) is 10.1 Å². The molecule has 158 valence electrons. The van der Waals surface area contributed by atoms with Gasteiger partial charge in [0.1, 0.15) is 11.5 Å². The van der Waals surface area contributed by atoms with E-state index in [0.717, 1.165) is 38.6 Å². The molecular formula is C26H20N2O3S. The van der Waals surface area contributed by atoms with Crippen LogP contribution < -0.4 is 14.8 Å². The molecule has 0 radical (unpaired) electrons. The van der Waals surface area contributed by atoms with Crippen LogP contribution in [-0.2, 0) is 0 Å². The Labute approximate surface area is 189 Å². The van der Waals surface area contributed by atoms with E-state index >= 15 is 0 Å². The molecule has 5 aromatic rings. The molecule has 4 aromatic carbocycles. The van der Waals surface area contributed by atoms with E-state index in [4.69, 9.17) is 9.47 Å². The summed E-state index contributed by atoms with van der Waals surface area (Å²) in [6.45, 7) is 0. The summed E-state index contributed by atoms with van der Waals surface area (Å²) >= 11 is 1.37. The fourth-order valence-corrected chi connectivity index (χ4v) is 4.56. The second-order valence-electron chi connectivity index (χ2n) is 7.26. The minimum absolute atomic E-state index is 0.265. The van der Waals surface area contributed by atoms with Gasteiger partial charge in [-0.15, -0.1) is 11.3 Å². The molecule has 0 bridgehead atoms. The van der Waals surface area contributed by atoms with Gasteiger partial charge >= 0.3 is 0 Å². The van der Waals surface area contributed by atoms with Crippen molar-refractivity contribution in [1.82, 2.24) is 4.98 Å². The van der Waals surface area contributed by atoms with Gasteiger partial charge in [-0.2, -0.15) is 0 Å². The minimum Gasteiger partial charge on any atom is -0.496 e. The molecule has 5 nitrogen and oxygen atoms in total. The van der Waals surface area contributed by atoms with Crippen molar-refractivity contribution in [3.05, 3.63) is 83.7 Å². The van der Waals surface area contributed by atoms with Crippen LogP contribution in [0.25, 0.3) is 32.8 Å². The summed E-state index contributed by atoms with van der Waals surface area (Å²) < 4.78 is 11.1. The standard InChI is InChI=1S/C26H20N2O3S/c1-30-22-12-11-16-7-5-6-10-19(16)24(22)21-15-32-26(27-21)28-25(29)20-13-17-8-3-4-9-18(17)14-23(20)31-2/h3-15H,1-2H3,(H,27,28,29). The zero-order valence-corrected chi connectivity index (χ0v) is 18.4. The van der Waals surface area contributed by atoms with Gasteiger partial charge in [0.05, 0.1) is 31.0 Å². The van der Waals surface area contributed by atoms with E-state index in [1.165, 1.54) is 11.3 Å². The Balaban J connectivity index is 1.50. The van der Waals surface area contributed by atoms with Crippen LogP contribution in [0.3, 0.4) is 0 Å². The number of benzene rings is 4. The molecule has 1 aromatic heterocycles. The summed E-state index contributed by atoms with van der Waals surface area (Å²) in [4.78, 5) is 17.8. The largest absolute Gasteiger partial charge is 0.496 e. The second kappa shape index (κ2) is 8.32. The summed E-state index contributed by atoms with van der Waals surface area (Å²) in [5, 5.41) is 9.49. The van der Waals surface area contributed by atoms with Crippen molar-refractivity contribution in [2.24, 2.45) is 0 Å². The van der Waals surface area contributed by atoms with Crippen LogP contribution in [-0.4, -0.2) is 25.1 Å². The fraction of sp³-hybridized carbons (Fsp3) is 0.0769. The lowest BCUT2D eigenvalue weighted by Crippen LogP contribution is -2.13. The van der Waals surface area contributed by atoms with Gasteiger partial charge in [0.25, 0.3) is 5.91 Å². The molecule has 0 atom stereocenters. The topological polar surface area (TPSA) is 60.5 Å². The molecule has 0 aliphatic rings. The number of nitrogens with zero attached hydrogens (tertiary/aromatic N) is 1. The van der Waals surface area contributed by atoms with E-state index < -0.39 is 0 Å². The average Bonchev–Trinajstić information content (AvgIpc) is 3.30. The van der Waals surface area contributed by atoms with Gasteiger partial charge < -0.3 is 9.47 Å². The highest BCUT2D eigenvalue weighted by Crippen LogP contribution is 2.38. The molecule has 6 heteroatoms. The van der Waals surface area contributed by atoms with Gasteiger partial charge in [0.2, 0.25) is 0 Å². The molecule has 0 aliphatic heterocycles. The van der Waals surface area contributed by atoms with E-state index in [-0.39, 0.29) is 5.91 Å². The number of amides is 1. The SMILES string of the molecule is COc1cc2ccccc2cc1C(=O)Nc1nc(-c2c(OC)ccc3ccccc23)cs1. The summed E-state index contributed by atoms with van der Waals surface area (Å²) in [5.74, 6) is 0.996. The molecule has 0 unspecified atom stereocenters. The number of anilines is 1. The Morgan fingerprint density at radius 1 is 0.844 bits per heavy atom. The molecule has 1 N–H and O–H groups in total. The highest BCUT2D eigenvalue weighted by molar-refractivity contribution is 7.14. The van der Waals surface area contributed by atoms with E-state index in [9.17, 15) is 4.79 Å². The van der Waals surface area contributed by atoms with Crippen molar-refractivity contribution in [2.75, 3.05) is 19.5 Å². The Hall–Kier alpha value is -3.90. The predicted octanol–water partition coefficient (Wildman–Crippen LogP) is 6.39. The van der Waals surface area contributed by atoms with Crippen LogP contribution in [0.15, 0.2) is 78.2 Å². The summed E-state index contributed by atoms with van der Waals surface area (Å²) in [5.41, 5.74) is 2.13. The maximum absolute atomic E-state index is 13.1. The number of ether oxygens (including phenoxy) is 2. The van der Waals surface area contributed by atoms with Crippen LogP contribution in [0.4, 0.5) is 5.13 Å². The van der Waals surface area contributed by atoms with Crippen LogP contribution >= 0.6 is 11.3 Å². The number of nitrogens with one attached hydrogen (secondary N) is 1. The molecule has 0 spiro atoms.